The van der Waals surface area contributed by atoms with Crippen LogP contribution in [0.1, 0.15) is 11.1 Å². The SMILES string of the molecule is COc1ccc(CN(Sc2ccc3c(-c4ccc(C(F)(F)F)cc4Br)nccc3c2)c2nccs2)c(OC)c1. The van der Waals surface area contributed by atoms with Crippen LogP contribution >= 0.6 is 39.2 Å². The van der Waals surface area contributed by atoms with Gasteiger partial charge >= 0.3 is 6.18 Å². The van der Waals surface area contributed by atoms with E-state index < -0.39 is 11.7 Å². The molecule has 0 amide bonds. The molecule has 0 atom stereocenters. The number of hydrogen-bond donors (Lipinski definition) is 0. The van der Waals surface area contributed by atoms with E-state index in [1.54, 1.807) is 26.6 Å². The first kappa shape index (κ1) is 27.3. The van der Waals surface area contributed by atoms with E-state index in [-0.39, 0.29) is 0 Å². The number of rotatable bonds is 8. The zero-order valence-corrected chi connectivity index (χ0v) is 23.9. The number of nitrogens with zero attached hydrogens (tertiary/aromatic N) is 3. The molecule has 11 heteroatoms. The topological polar surface area (TPSA) is 47.5 Å². The molecule has 0 aliphatic rings. The third-order valence-electron chi connectivity index (χ3n) is 5.94. The van der Waals surface area contributed by atoms with E-state index in [2.05, 4.69) is 30.2 Å². The number of aromatic nitrogens is 2. The van der Waals surface area contributed by atoms with Crippen LogP contribution in [0.25, 0.3) is 22.0 Å². The van der Waals surface area contributed by atoms with Crippen LogP contribution in [-0.2, 0) is 12.7 Å². The van der Waals surface area contributed by atoms with Crippen LogP contribution in [0.3, 0.4) is 0 Å². The van der Waals surface area contributed by atoms with E-state index in [4.69, 9.17) is 9.47 Å². The number of halogens is 4. The number of anilines is 1. The summed E-state index contributed by atoms with van der Waals surface area (Å²) in [7, 11) is 3.24. The summed E-state index contributed by atoms with van der Waals surface area (Å²) in [5.41, 5.74) is 1.45. The fraction of sp³-hybridized carbons (Fsp3) is 0.143. The Morgan fingerprint density at radius 1 is 0.949 bits per heavy atom. The minimum Gasteiger partial charge on any atom is -0.497 e. The van der Waals surface area contributed by atoms with Crippen molar-refractivity contribution in [2.45, 2.75) is 17.6 Å². The summed E-state index contributed by atoms with van der Waals surface area (Å²) in [6.45, 7) is 0.531. The molecule has 0 N–H and O–H groups in total. The van der Waals surface area contributed by atoms with Gasteiger partial charge in [-0.3, -0.25) is 9.29 Å². The van der Waals surface area contributed by atoms with Gasteiger partial charge in [0.15, 0.2) is 5.13 Å². The Labute approximate surface area is 239 Å². The second-order valence-corrected chi connectivity index (χ2v) is 11.2. The van der Waals surface area contributed by atoms with Crippen LogP contribution in [-0.4, -0.2) is 24.2 Å². The molecule has 200 valence electrons. The lowest BCUT2D eigenvalue weighted by molar-refractivity contribution is -0.137. The molecular weight excluding hydrogens is 611 g/mol. The number of fused-ring (bicyclic) bond motifs is 1. The monoisotopic (exact) mass is 631 g/mol. The maximum atomic E-state index is 13.2. The van der Waals surface area contributed by atoms with E-state index >= 15 is 0 Å². The average Bonchev–Trinajstić information content (AvgIpc) is 3.47. The third-order valence-corrected chi connectivity index (χ3v) is 8.50. The van der Waals surface area contributed by atoms with Gasteiger partial charge < -0.3 is 9.47 Å². The molecule has 0 fully saturated rings. The second kappa shape index (κ2) is 11.4. The Morgan fingerprint density at radius 3 is 2.49 bits per heavy atom. The molecule has 0 saturated heterocycles. The predicted octanol–water partition coefficient (Wildman–Crippen LogP) is 8.87. The first-order valence-electron chi connectivity index (χ1n) is 11.6. The van der Waals surface area contributed by atoms with Crippen molar-refractivity contribution in [1.82, 2.24) is 9.97 Å². The highest BCUT2D eigenvalue weighted by atomic mass is 79.9. The van der Waals surface area contributed by atoms with Crippen LogP contribution in [0.5, 0.6) is 11.5 Å². The number of benzene rings is 3. The summed E-state index contributed by atoms with van der Waals surface area (Å²) in [6.07, 6.45) is -0.991. The van der Waals surface area contributed by atoms with E-state index in [1.165, 1.54) is 29.4 Å². The Kier molecular flexibility index (Phi) is 8.01. The predicted molar refractivity (Wildman–Crippen MR) is 154 cm³/mol. The molecule has 0 saturated carbocycles. The van der Waals surface area contributed by atoms with Crippen molar-refractivity contribution in [1.29, 1.82) is 0 Å². The highest BCUT2D eigenvalue weighted by molar-refractivity contribution is 9.10. The molecule has 0 bridgehead atoms. The standard InChI is InChI=1S/C28H21BrF3N3O2S2/c1-36-20-5-3-18(25(15-20)37-2)16-35(27-34-11-12-38-27)39-21-6-8-22-17(13-21)9-10-33-26(22)23-7-4-19(14-24(23)29)28(30,31)32/h3-15H,16H2,1-2H3. The largest absolute Gasteiger partial charge is 0.497 e. The van der Waals surface area contributed by atoms with Gasteiger partial charge in [0.05, 0.1) is 32.0 Å². The molecule has 5 nitrogen and oxygen atoms in total. The highest BCUT2D eigenvalue weighted by Gasteiger charge is 2.31. The van der Waals surface area contributed by atoms with Crippen molar-refractivity contribution < 1.29 is 22.6 Å². The smallest absolute Gasteiger partial charge is 0.416 e. The van der Waals surface area contributed by atoms with E-state index in [0.29, 0.717) is 33.8 Å². The van der Waals surface area contributed by atoms with Gasteiger partial charge in [-0.1, -0.05) is 28.1 Å². The van der Waals surface area contributed by atoms with Crippen molar-refractivity contribution >= 4 is 55.1 Å². The Morgan fingerprint density at radius 2 is 1.79 bits per heavy atom. The van der Waals surface area contributed by atoms with Crippen LogP contribution < -0.4 is 13.8 Å². The second-order valence-electron chi connectivity index (χ2n) is 8.36. The molecule has 0 unspecified atom stereocenters. The molecule has 0 aliphatic heterocycles. The van der Waals surface area contributed by atoms with Crippen LogP contribution in [0, 0.1) is 0 Å². The minimum atomic E-state index is -4.42. The molecule has 0 radical (unpaired) electrons. The van der Waals surface area contributed by atoms with Crippen LogP contribution in [0.4, 0.5) is 18.3 Å². The van der Waals surface area contributed by atoms with Gasteiger partial charge in [-0.25, -0.2) is 4.98 Å². The summed E-state index contributed by atoms with van der Waals surface area (Å²) in [4.78, 5) is 9.97. The van der Waals surface area contributed by atoms with Crippen molar-refractivity contribution in [3.8, 4) is 22.8 Å². The number of ether oxygens (including phenoxy) is 2. The molecule has 3 aromatic carbocycles. The van der Waals surface area contributed by atoms with E-state index in [0.717, 1.165) is 38.5 Å². The number of alkyl halides is 3. The van der Waals surface area contributed by atoms with Gasteiger partial charge in [0.1, 0.15) is 11.5 Å². The van der Waals surface area contributed by atoms with Gasteiger partial charge in [0.25, 0.3) is 0 Å². The number of methoxy groups -OCH3 is 2. The third kappa shape index (κ3) is 6.00. The van der Waals surface area contributed by atoms with E-state index in [9.17, 15) is 13.2 Å². The van der Waals surface area contributed by atoms with Gasteiger partial charge in [-0.2, -0.15) is 13.2 Å². The highest BCUT2D eigenvalue weighted by Crippen LogP contribution is 2.39. The lowest BCUT2D eigenvalue weighted by atomic mass is 10.0. The number of pyridine rings is 1. The zero-order chi connectivity index (χ0) is 27.6. The van der Waals surface area contributed by atoms with Gasteiger partial charge in [-0.15, -0.1) is 11.3 Å². The van der Waals surface area contributed by atoms with Crippen LogP contribution in [0.15, 0.2) is 87.8 Å². The molecule has 5 aromatic rings. The Hall–Kier alpha value is -3.28. The summed E-state index contributed by atoms with van der Waals surface area (Å²) >= 11 is 6.37. The van der Waals surface area contributed by atoms with Crippen molar-refractivity contribution in [2.75, 3.05) is 18.5 Å². The maximum absolute atomic E-state index is 13.2. The summed E-state index contributed by atoms with van der Waals surface area (Å²) in [5, 5.41) is 4.51. The molecule has 5 rings (SSSR count). The summed E-state index contributed by atoms with van der Waals surface area (Å²) < 4.78 is 52.8. The Bertz CT molecular complexity index is 1610. The summed E-state index contributed by atoms with van der Waals surface area (Å²) in [6, 6.07) is 17.2. The normalized spacial score (nSPS) is 11.5. The van der Waals surface area contributed by atoms with Crippen LogP contribution in [0.2, 0.25) is 0 Å². The zero-order valence-electron chi connectivity index (χ0n) is 20.7. The lowest BCUT2D eigenvalue weighted by Gasteiger charge is -2.22. The van der Waals surface area contributed by atoms with Gasteiger partial charge in [0, 0.05) is 49.7 Å². The van der Waals surface area contributed by atoms with Crippen molar-refractivity contribution in [3.63, 3.8) is 0 Å². The molecule has 39 heavy (non-hydrogen) atoms. The van der Waals surface area contributed by atoms with Gasteiger partial charge in [0.2, 0.25) is 0 Å². The van der Waals surface area contributed by atoms with Crippen molar-refractivity contribution in [3.05, 3.63) is 94.0 Å². The molecule has 0 spiro atoms. The fourth-order valence-electron chi connectivity index (χ4n) is 4.05. The van der Waals surface area contributed by atoms with Gasteiger partial charge in [-0.05, 0) is 59.8 Å². The number of hydrogen-bond acceptors (Lipinski definition) is 7. The fourth-order valence-corrected chi connectivity index (χ4v) is 6.30. The molecule has 2 heterocycles. The minimum absolute atomic E-state index is 0.333. The average molecular weight is 633 g/mol. The molecule has 0 aliphatic carbocycles. The molecule has 2 aromatic heterocycles. The molecular formula is C28H21BrF3N3O2S2. The number of thiazole rings is 1. The Balaban J connectivity index is 1.47. The maximum Gasteiger partial charge on any atom is 0.416 e. The quantitative estimate of drug-likeness (QED) is 0.159. The lowest BCUT2D eigenvalue weighted by Crippen LogP contribution is -2.14. The first-order chi connectivity index (χ1) is 18.8. The van der Waals surface area contributed by atoms with E-state index in [1.807, 2.05) is 47.8 Å². The summed E-state index contributed by atoms with van der Waals surface area (Å²) in [5.74, 6) is 1.43. The first-order valence-corrected chi connectivity index (χ1v) is 14.0. The van der Waals surface area contributed by atoms with Crippen molar-refractivity contribution in [2.24, 2.45) is 0 Å².